The van der Waals surface area contributed by atoms with Crippen molar-refractivity contribution < 1.29 is 4.74 Å². The normalized spacial score (nSPS) is 15.8. The van der Waals surface area contributed by atoms with E-state index < -0.39 is 0 Å². The number of nitrogens with zero attached hydrogens (tertiary/aromatic N) is 3. The van der Waals surface area contributed by atoms with E-state index in [1.54, 1.807) is 12.4 Å². The zero-order valence-corrected chi connectivity index (χ0v) is 11.4. The Morgan fingerprint density at radius 3 is 3.05 bits per heavy atom. The number of hydrazine groups is 1. The summed E-state index contributed by atoms with van der Waals surface area (Å²) in [5, 5.41) is 3.26. The van der Waals surface area contributed by atoms with Crippen molar-refractivity contribution in [2.45, 2.75) is 31.8 Å². The molecule has 0 unspecified atom stereocenters. The minimum absolute atomic E-state index is 0.438. The predicted octanol–water partition coefficient (Wildman–Crippen LogP) is 1.39. The summed E-state index contributed by atoms with van der Waals surface area (Å²) in [6, 6.07) is 0. The Hall–Kier alpha value is -1.86. The summed E-state index contributed by atoms with van der Waals surface area (Å²) in [4.78, 5) is 8.65. The molecule has 108 valence electrons. The van der Waals surface area contributed by atoms with Gasteiger partial charge in [-0.15, -0.1) is 0 Å². The van der Waals surface area contributed by atoms with Crippen LogP contribution in [-0.2, 0) is 4.74 Å². The van der Waals surface area contributed by atoms with Crippen molar-refractivity contribution in [1.82, 2.24) is 14.4 Å². The molecule has 3 rings (SSSR count). The Balaban J connectivity index is 1.59. The fourth-order valence-corrected chi connectivity index (χ4v) is 2.57. The highest BCUT2D eigenvalue weighted by molar-refractivity contribution is 5.65. The van der Waals surface area contributed by atoms with Crippen LogP contribution >= 0.6 is 0 Å². The number of imidazole rings is 1. The second-order valence-corrected chi connectivity index (χ2v) is 4.98. The van der Waals surface area contributed by atoms with Gasteiger partial charge in [0.25, 0.3) is 0 Å². The Kier molecular flexibility index (Phi) is 3.98. The van der Waals surface area contributed by atoms with Crippen LogP contribution in [0.3, 0.4) is 0 Å². The van der Waals surface area contributed by atoms with Gasteiger partial charge in [0.15, 0.2) is 17.3 Å². The average molecular weight is 276 g/mol. The summed E-state index contributed by atoms with van der Waals surface area (Å²) in [7, 11) is 0. The van der Waals surface area contributed by atoms with Crippen molar-refractivity contribution in [3.63, 3.8) is 0 Å². The first-order valence-corrected chi connectivity index (χ1v) is 7.02. The number of aromatic nitrogens is 3. The molecule has 4 N–H and O–H groups in total. The van der Waals surface area contributed by atoms with E-state index in [0.29, 0.717) is 30.9 Å². The zero-order valence-electron chi connectivity index (χ0n) is 11.4. The van der Waals surface area contributed by atoms with Crippen LogP contribution in [0.1, 0.15) is 25.7 Å². The zero-order chi connectivity index (χ0) is 13.8. The van der Waals surface area contributed by atoms with Crippen molar-refractivity contribution in [3.8, 4) is 0 Å². The molecule has 0 atom stereocenters. The highest BCUT2D eigenvalue weighted by Crippen LogP contribution is 2.21. The standard InChI is InChI=1S/C13H20N6O/c14-18-11-9-19-7-5-16-13(19)12(17-11)15-6-8-20-10-3-1-2-4-10/h5,7,9-10,18H,1-4,6,8,14H2,(H,15,17). The van der Waals surface area contributed by atoms with E-state index in [1.807, 2.05) is 10.6 Å². The molecule has 20 heavy (non-hydrogen) atoms. The fourth-order valence-electron chi connectivity index (χ4n) is 2.57. The van der Waals surface area contributed by atoms with Crippen molar-refractivity contribution >= 4 is 17.3 Å². The smallest absolute Gasteiger partial charge is 0.180 e. The number of nitrogen functional groups attached to an aromatic ring is 1. The van der Waals surface area contributed by atoms with Gasteiger partial charge < -0.3 is 19.9 Å². The van der Waals surface area contributed by atoms with Gasteiger partial charge >= 0.3 is 0 Å². The first-order valence-electron chi connectivity index (χ1n) is 7.02. The maximum Gasteiger partial charge on any atom is 0.180 e. The fraction of sp³-hybridized carbons (Fsp3) is 0.538. The molecule has 1 saturated carbocycles. The van der Waals surface area contributed by atoms with Crippen LogP contribution in [0.2, 0.25) is 0 Å². The minimum Gasteiger partial charge on any atom is -0.376 e. The highest BCUT2D eigenvalue weighted by Gasteiger charge is 2.14. The Labute approximate surface area is 117 Å². The molecule has 1 aliphatic carbocycles. The molecule has 0 bridgehead atoms. The number of fused-ring (bicyclic) bond motifs is 1. The highest BCUT2D eigenvalue weighted by atomic mass is 16.5. The molecule has 1 fully saturated rings. The van der Waals surface area contributed by atoms with Gasteiger partial charge in [0.2, 0.25) is 0 Å². The van der Waals surface area contributed by atoms with E-state index in [1.165, 1.54) is 25.7 Å². The first-order chi connectivity index (χ1) is 9.86. The van der Waals surface area contributed by atoms with Gasteiger partial charge in [-0.1, -0.05) is 12.8 Å². The molecule has 0 radical (unpaired) electrons. The largest absolute Gasteiger partial charge is 0.376 e. The lowest BCUT2D eigenvalue weighted by Gasteiger charge is -2.12. The van der Waals surface area contributed by atoms with Crippen LogP contribution in [0.4, 0.5) is 11.6 Å². The minimum atomic E-state index is 0.438. The van der Waals surface area contributed by atoms with Crippen LogP contribution in [0.25, 0.3) is 5.65 Å². The van der Waals surface area contributed by atoms with E-state index in [9.17, 15) is 0 Å². The molecule has 0 aliphatic heterocycles. The SMILES string of the molecule is NNc1cn2ccnc2c(NCCOC2CCCC2)n1. The van der Waals surface area contributed by atoms with E-state index in [0.717, 1.165) is 5.65 Å². The van der Waals surface area contributed by atoms with E-state index in [2.05, 4.69) is 20.7 Å². The van der Waals surface area contributed by atoms with Crippen molar-refractivity contribution in [2.24, 2.45) is 5.84 Å². The second-order valence-electron chi connectivity index (χ2n) is 4.98. The second kappa shape index (κ2) is 6.06. The molecule has 2 aromatic rings. The van der Waals surface area contributed by atoms with Gasteiger partial charge in [0, 0.05) is 18.9 Å². The molecule has 1 aliphatic rings. The van der Waals surface area contributed by atoms with Crippen molar-refractivity contribution in [2.75, 3.05) is 23.9 Å². The number of rotatable bonds is 6. The van der Waals surface area contributed by atoms with Crippen LogP contribution in [-0.4, -0.2) is 33.6 Å². The maximum absolute atomic E-state index is 5.82. The number of hydrogen-bond acceptors (Lipinski definition) is 6. The molecular weight excluding hydrogens is 256 g/mol. The third kappa shape index (κ3) is 2.83. The molecule has 0 aromatic carbocycles. The number of ether oxygens (including phenoxy) is 1. The molecule has 2 aromatic heterocycles. The van der Waals surface area contributed by atoms with Crippen LogP contribution in [0.5, 0.6) is 0 Å². The summed E-state index contributed by atoms with van der Waals surface area (Å²) >= 11 is 0. The number of nitrogens with two attached hydrogens (primary N) is 1. The maximum atomic E-state index is 5.82. The quantitative estimate of drug-likeness (QED) is 0.419. The van der Waals surface area contributed by atoms with Gasteiger partial charge in [-0.2, -0.15) is 0 Å². The van der Waals surface area contributed by atoms with Crippen molar-refractivity contribution in [3.05, 3.63) is 18.6 Å². The summed E-state index contributed by atoms with van der Waals surface area (Å²) in [6.45, 7) is 1.39. The van der Waals surface area contributed by atoms with Crippen LogP contribution in [0, 0.1) is 0 Å². The molecule has 7 heteroatoms. The molecular formula is C13H20N6O. The molecule has 7 nitrogen and oxygen atoms in total. The van der Waals surface area contributed by atoms with Gasteiger partial charge in [0.1, 0.15) is 0 Å². The van der Waals surface area contributed by atoms with Crippen molar-refractivity contribution in [1.29, 1.82) is 0 Å². The summed E-state index contributed by atoms with van der Waals surface area (Å²) < 4.78 is 7.69. The van der Waals surface area contributed by atoms with Gasteiger partial charge in [0.05, 0.1) is 18.9 Å². The summed E-state index contributed by atoms with van der Waals surface area (Å²) in [6.07, 6.45) is 10.8. The number of hydrogen-bond donors (Lipinski definition) is 3. The Morgan fingerprint density at radius 2 is 2.25 bits per heavy atom. The summed E-state index contributed by atoms with van der Waals surface area (Å²) in [5.41, 5.74) is 3.34. The molecule has 0 spiro atoms. The van der Waals surface area contributed by atoms with E-state index in [4.69, 9.17) is 10.6 Å². The third-order valence-corrected chi connectivity index (χ3v) is 3.57. The lowest BCUT2D eigenvalue weighted by atomic mass is 10.3. The molecule has 0 saturated heterocycles. The predicted molar refractivity (Wildman–Crippen MR) is 77.5 cm³/mol. The van der Waals surface area contributed by atoms with Gasteiger partial charge in [-0.05, 0) is 12.8 Å². The van der Waals surface area contributed by atoms with Crippen LogP contribution in [0.15, 0.2) is 18.6 Å². The summed E-state index contributed by atoms with van der Waals surface area (Å²) in [5.74, 6) is 6.72. The molecule has 2 heterocycles. The average Bonchev–Trinajstić information content (AvgIpc) is 3.13. The van der Waals surface area contributed by atoms with E-state index >= 15 is 0 Å². The topological polar surface area (TPSA) is 89.5 Å². The number of nitrogens with one attached hydrogen (secondary N) is 2. The Bertz CT molecular complexity index is 563. The number of anilines is 2. The van der Waals surface area contributed by atoms with Gasteiger partial charge in [-0.3, -0.25) is 0 Å². The van der Waals surface area contributed by atoms with E-state index in [-0.39, 0.29) is 0 Å². The lowest BCUT2D eigenvalue weighted by Crippen LogP contribution is -2.17. The monoisotopic (exact) mass is 276 g/mol. The lowest BCUT2D eigenvalue weighted by molar-refractivity contribution is 0.0659. The Morgan fingerprint density at radius 1 is 1.40 bits per heavy atom. The third-order valence-electron chi connectivity index (χ3n) is 3.57. The van der Waals surface area contributed by atoms with Gasteiger partial charge in [-0.25, -0.2) is 15.8 Å². The van der Waals surface area contributed by atoms with Crippen LogP contribution < -0.4 is 16.6 Å². The first kappa shape index (κ1) is 13.1. The molecule has 0 amide bonds.